The van der Waals surface area contributed by atoms with Crippen molar-refractivity contribution >= 4 is 11.7 Å². The summed E-state index contributed by atoms with van der Waals surface area (Å²) in [6.45, 7) is 2.23. The molecule has 3 rings (SSSR count). The highest BCUT2D eigenvalue weighted by Crippen LogP contribution is 2.34. The molecule has 25 heavy (non-hydrogen) atoms. The summed E-state index contributed by atoms with van der Waals surface area (Å²) >= 11 is 0. The van der Waals surface area contributed by atoms with Gasteiger partial charge in [-0.1, -0.05) is 73.5 Å². The Morgan fingerprint density at radius 3 is 2.08 bits per heavy atom. The zero-order valence-corrected chi connectivity index (χ0v) is 14.7. The molecule has 2 aromatic carbocycles. The SMILES string of the molecule is CCOC(=O)C(CCC1CC1)N=C(c1ccccc1)c1ccccc1. The fourth-order valence-electron chi connectivity index (χ4n) is 2.94. The average molecular weight is 335 g/mol. The van der Waals surface area contributed by atoms with Crippen LogP contribution in [0.5, 0.6) is 0 Å². The number of carbonyl (C=O) groups is 1. The fraction of sp³-hybridized carbons (Fsp3) is 0.364. The number of hydrogen-bond acceptors (Lipinski definition) is 3. The van der Waals surface area contributed by atoms with E-state index < -0.39 is 6.04 Å². The molecule has 1 aliphatic carbocycles. The van der Waals surface area contributed by atoms with Crippen LogP contribution in [0.1, 0.15) is 43.7 Å². The molecule has 0 aromatic heterocycles. The van der Waals surface area contributed by atoms with E-state index in [-0.39, 0.29) is 5.97 Å². The maximum absolute atomic E-state index is 12.4. The summed E-state index contributed by atoms with van der Waals surface area (Å²) in [5.41, 5.74) is 2.90. The van der Waals surface area contributed by atoms with Crippen LogP contribution in [0, 0.1) is 5.92 Å². The second-order valence-electron chi connectivity index (χ2n) is 6.50. The van der Waals surface area contributed by atoms with Crippen LogP contribution in [0.2, 0.25) is 0 Å². The van der Waals surface area contributed by atoms with Crippen molar-refractivity contribution in [3.05, 3.63) is 71.8 Å². The van der Waals surface area contributed by atoms with Gasteiger partial charge in [-0.15, -0.1) is 0 Å². The third-order valence-electron chi connectivity index (χ3n) is 4.48. The normalized spacial score (nSPS) is 14.6. The molecule has 0 heterocycles. The quantitative estimate of drug-likeness (QED) is 0.520. The summed E-state index contributed by atoms with van der Waals surface area (Å²) in [5.74, 6) is 0.552. The van der Waals surface area contributed by atoms with Crippen LogP contribution in [0.25, 0.3) is 0 Å². The molecule has 130 valence electrons. The molecule has 1 unspecified atom stereocenters. The minimum absolute atomic E-state index is 0.215. The molecule has 1 aliphatic rings. The zero-order valence-electron chi connectivity index (χ0n) is 14.7. The molecular formula is C22H25NO2. The Kier molecular flexibility index (Phi) is 5.99. The number of hydrogen-bond donors (Lipinski definition) is 0. The topological polar surface area (TPSA) is 38.7 Å². The van der Waals surface area contributed by atoms with Gasteiger partial charge in [-0.2, -0.15) is 0 Å². The van der Waals surface area contributed by atoms with Crippen LogP contribution in [-0.2, 0) is 9.53 Å². The van der Waals surface area contributed by atoms with Gasteiger partial charge in [0.05, 0.1) is 12.3 Å². The van der Waals surface area contributed by atoms with Crippen LogP contribution < -0.4 is 0 Å². The molecule has 1 atom stereocenters. The highest BCUT2D eigenvalue weighted by Gasteiger charge is 2.26. The molecule has 0 radical (unpaired) electrons. The lowest BCUT2D eigenvalue weighted by Gasteiger charge is -2.15. The second kappa shape index (κ2) is 8.61. The highest BCUT2D eigenvalue weighted by atomic mass is 16.5. The second-order valence-corrected chi connectivity index (χ2v) is 6.50. The Bertz CT molecular complexity index is 664. The largest absolute Gasteiger partial charge is 0.464 e. The Morgan fingerprint density at radius 2 is 1.60 bits per heavy atom. The molecule has 0 bridgehead atoms. The van der Waals surface area contributed by atoms with E-state index >= 15 is 0 Å². The van der Waals surface area contributed by atoms with Gasteiger partial charge in [0.1, 0.15) is 6.04 Å². The molecule has 2 aromatic rings. The highest BCUT2D eigenvalue weighted by molar-refractivity contribution is 6.13. The summed E-state index contributed by atoms with van der Waals surface area (Å²) in [7, 11) is 0. The van der Waals surface area contributed by atoms with Crippen LogP contribution in [0.4, 0.5) is 0 Å². The molecular weight excluding hydrogens is 310 g/mol. The van der Waals surface area contributed by atoms with Crippen LogP contribution >= 0.6 is 0 Å². The van der Waals surface area contributed by atoms with Crippen LogP contribution in [0.15, 0.2) is 65.7 Å². The summed E-state index contributed by atoms with van der Waals surface area (Å²) in [6.07, 6.45) is 4.36. The lowest BCUT2D eigenvalue weighted by molar-refractivity contribution is -0.144. The van der Waals surface area contributed by atoms with Gasteiger partial charge in [0.25, 0.3) is 0 Å². The number of carbonyl (C=O) groups excluding carboxylic acids is 1. The minimum Gasteiger partial charge on any atom is -0.464 e. The first kappa shape index (κ1) is 17.4. The predicted molar refractivity (Wildman–Crippen MR) is 101 cm³/mol. The van der Waals surface area contributed by atoms with E-state index in [1.54, 1.807) is 0 Å². The number of rotatable bonds is 8. The summed E-state index contributed by atoms with van der Waals surface area (Å²) in [6, 6.07) is 19.7. The molecule has 3 nitrogen and oxygen atoms in total. The lowest BCUT2D eigenvalue weighted by Crippen LogP contribution is -2.24. The monoisotopic (exact) mass is 335 g/mol. The first-order valence-electron chi connectivity index (χ1n) is 9.13. The summed E-state index contributed by atoms with van der Waals surface area (Å²) < 4.78 is 5.28. The Labute approximate surface area is 149 Å². The molecule has 1 saturated carbocycles. The lowest BCUT2D eigenvalue weighted by atomic mass is 10.0. The maximum atomic E-state index is 12.4. The number of aliphatic imine (C=N–C) groups is 1. The van der Waals surface area contributed by atoms with Crippen molar-refractivity contribution in [3.63, 3.8) is 0 Å². The smallest absolute Gasteiger partial charge is 0.330 e. The zero-order chi connectivity index (χ0) is 17.5. The molecule has 3 heteroatoms. The Balaban J connectivity index is 1.93. The third kappa shape index (κ3) is 5.02. The van der Waals surface area contributed by atoms with E-state index in [2.05, 4.69) is 0 Å². The van der Waals surface area contributed by atoms with Gasteiger partial charge in [-0.3, -0.25) is 4.99 Å². The van der Waals surface area contributed by atoms with Gasteiger partial charge in [0, 0.05) is 11.1 Å². The molecule has 1 fully saturated rings. The fourth-order valence-corrected chi connectivity index (χ4v) is 2.94. The minimum atomic E-state index is -0.434. The van der Waals surface area contributed by atoms with Gasteiger partial charge in [0.2, 0.25) is 0 Å². The Morgan fingerprint density at radius 1 is 1.04 bits per heavy atom. The summed E-state index contributed by atoms with van der Waals surface area (Å²) in [5, 5.41) is 0. The predicted octanol–water partition coefficient (Wildman–Crippen LogP) is 4.65. The summed E-state index contributed by atoms with van der Waals surface area (Å²) in [4.78, 5) is 17.3. The van der Waals surface area contributed by atoms with E-state index in [1.807, 2.05) is 67.6 Å². The third-order valence-corrected chi connectivity index (χ3v) is 4.48. The molecule has 0 amide bonds. The van der Waals surface area contributed by atoms with E-state index in [0.717, 1.165) is 35.6 Å². The van der Waals surface area contributed by atoms with Gasteiger partial charge < -0.3 is 4.74 Å². The Hall–Kier alpha value is -2.42. The van der Waals surface area contributed by atoms with Crippen molar-refractivity contribution in [1.82, 2.24) is 0 Å². The number of esters is 1. The molecule has 0 aliphatic heterocycles. The van der Waals surface area contributed by atoms with Crippen molar-refractivity contribution < 1.29 is 9.53 Å². The van der Waals surface area contributed by atoms with Gasteiger partial charge in [-0.25, -0.2) is 4.79 Å². The van der Waals surface area contributed by atoms with Crippen molar-refractivity contribution in [2.24, 2.45) is 10.9 Å². The van der Waals surface area contributed by atoms with E-state index in [9.17, 15) is 4.79 Å². The van der Waals surface area contributed by atoms with Crippen molar-refractivity contribution in [1.29, 1.82) is 0 Å². The van der Waals surface area contributed by atoms with Gasteiger partial charge in [-0.05, 0) is 25.7 Å². The van der Waals surface area contributed by atoms with Crippen molar-refractivity contribution in [2.45, 2.75) is 38.6 Å². The van der Waals surface area contributed by atoms with Crippen LogP contribution in [0.3, 0.4) is 0 Å². The first-order chi connectivity index (χ1) is 12.3. The van der Waals surface area contributed by atoms with Crippen LogP contribution in [-0.4, -0.2) is 24.3 Å². The van der Waals surface area contributed by atoms with Crippen molar-refractivity contribution in [2.75, 3.05) is 6.61 Å². The first-order valence-corrected chi connectivity index (χ1v) is 9.13. The van der Waals surface area contributed by atoms with Gasteiger partial charge in [0.15, 0.2) is 0 Å². The maximum Gasteiger partial charge on any atom is 0.330 e. The standard InChI is InChI=1S/C22H25NO2/c1-2-25-22(24)20(16-15-17-13-14-17)23-21(18-9-5-3-6-10-18)19-11-7-4-8-12-19/h3-12,17,20H,2,13-16H2,1H3. The molecule has 0 spiro atoms. The number of nitrogens with zero attached hydrogens (tertiary/aromatic N) is 1. The van der Waals surface area contributed by atoms with E-state index in [1.165, 1.54) is 12.8 Å². The van der Waals surface area contributed by atoms with Gasteiger partial charge >= 0.3 is 5.97 Å². The molecule has 0 N–H and O–H groups in total. The number of ether oxygens (including phenoxy) is 1. The van der Waals surface area contributed by atoms with E-state index in [4.69, 9.17) is 9.73 Å². The van der Waals surface area contributed by atoms with E-state index in [0.29, 0.717) is 6.61 Å². The van der Waals surface area contributed by atoms with Crippen molar-refractivity contribution in [3.8, 4) is 0 Å². The number of benzene rings is 2. The average Bonchev–Trinajstić information content (AvgIpc) is 3.48. The molecule has 0 saturated heterocycles.